The molecule has 0 aliphatic heterocycles. The lowest BCUT2D eigenvalue weighted by Crippen LogP contribution is -1.87. The van der Waals surface area contributed by atoms with Gasteiger partial charge in [0.05, 0.1) is 22.9 Å². The zero-order valence-electron chi connectivity index (χ0n) is 8.81. The molecule has 0 amide bonds. The van der Waals surface area contributed by atoms with Gasteiger partial charge in [0.1, 0.15) is 0 Å². The average molecular weight is 210 g/mol. The number of rotatable bonds is 1. The van der Waals surface area contributed by atoms with Gasteiger partial charge in [0.25, 0.3) is 0 Å². The molecule has 0 unspecified atom stereocenters. The summed E-state index contributed by atoms with van der Waals surface area (Å²) >= 11 is 0. The van der Waals surface area contributed by atoms with E-state index in [1.165, 1.54) is 0 Å². The zero-order valence-corrected chi connectivity index (χ0v) is 8.81. The highest BCUT2D eigenvalue weighted by atomic mass is 15.1. The number of hydrogen-bond donors (Lipinski definition) is 1. The molecule has 0 saturated heterocycles. The second-order valence-electron chi connectivity index (χ2n) is 3.70. The van der Waals surface area contributed by atoms with Crippen molar-refractivity contribution in [3.05, 3.63) is 42.4 Å². The van der Waals surface area contributed by atoms with Gasteiger partial charge < -0.3 is 4.98 Å². The topological polar surface area (TPSA) is 54.5 Å². The van der Waals surface area contributed by atoms with Crippen molar-refractivity contribution in [2.45, 2.75) is 6.92 Å². The van der Waals surface area contributed by atoms with E-state index < -0.39 is 0 Å². The SMILES string of the molecule is Cc1cc(-c2cc3ncccc3[nH]2)cnn1. The summed E-state index contributed by atoms with van der Waals surface area (Å²) in [5.74, 6) is 0. The lowest BCUT2D eigenvalue weighted by atomic mass is 10.2. The van der Waals surface area contributed by atoms with Gasteiger partial charge in [-0.3, -0.25) is 4.98 Å². The molecule has 1 N–H and O–H groups in total. The first-order valence-corrected chi connectivity index (χ1v) is 5.06. The second-order valence-corrected chi connectivity index (χ2v) is 3.70. The van der Waals surface area contributed by atoms with Crippen molar-refractivity contribution in [2.75, 3.05) is 0 Å². The summed E-state index contributed by atoms with van der Waals surface area (Å²) in [6.07, 6.45) is 3.54. The summed E-state index contributed by atoms with van der Waals surface area (Å²) in [6, 6.07) is 7.94. The van der Waals surface area contributed by atoms with Crippen molar-refractivity contribution < 1.29 is 0 Å². The van der Waals surface area contributed by atoms with Crippen molar-refractivity contribution in [2.24, 2.45) is 0 Å². The van der Waals surface area contributed by atoms with Crippen LogP contribution in [0, 0.1) is 6.92 Å². The first kappa shape index (κ1) is 9.03. The maximum atomic E-state index is 4.28. The van der Waals surface area contributed by atoms with Crippen LogP contribution in [0.25, 0.3) is 22.3 Å². The van der Waals surface area contributed by atoms with Crippen LogP contribution in [-0.2, 0) is 0 Å². The van der Waals surface area contributed by atoms with E-state index in [2.05, 4.69) is 20.2 Å². The van der Waals surface area contributed by atoms with Crippen molar-refractivity contribution >= 4 is 11.0 Å². The molecule has 3 heterocycles. The van der Waals surface area contributed by atoms with Crippen molar-refractivity contribution in [1.82, 2.24) is 20.2 Å². The highest BCUT2D eigenvalue weighted by Crippen LogP contribution is 2.21. The van der Waals surface area contributed by atoms with Gasteiger partial charge in [-0.2, -0.15) is 10.2 Å². The lowest BCUT2D eigenvalue weighted by molar-refractivity contribution is 0.981. The Morgan fingerprint density at radius 2 is 2.19 bits per heavy atom. The minimum Gasteiger partial charge on any atom is -0.353 e. The number of aromatic amines is 1. The Morgan fingerprint density at radius 3 is 3.00 bits per heavy atom. The molecule has 4 nitrogen and oxygen atoms in total. The van der Waals surface area contributed by atoms with Crippen LogP contribution in [0.15, 0.2) is 36.7 Å². The predicted octanol–water partition coefficient (Wildman–Crippen LogP) is 2.33. The Balaban J connectivity index is 2.19. The van der Waals surface area contributed by atoms with E-state index in [9.17, 15) is 0 Å². The van der Waals surface area contributed by atoms with E-state index in [1.807, 2.05) is 31.2 Å². The van der Waals surface area contributed by atoms with Crippen LogP contribution in [0.4, 0.5) is 0 Å². The van der Waals surface area contributed by atoms with Crippen molar-refractivity contribution in [3.8, 4) is 11.3 Å². The van der Waals surface area contributed by atoms with Gasteiger partial charge in [0.15, 0.2) is 0 Å². The fourth-order valence-electron chi connectivity index (χ4n) is 1.73. The molecule has 4 heteroatoms. The normalized spacial score (nSPS) is 10.8. The van der Waals surface area contributed by atoms with Crippen molar-refractivity contribution in [3.63, 3.8) is 0 Å². The summed E-state index contributed by atoms with van der Waals surface area (Å²) in [6.45, 7) is 1.93. The molecule has 0 aliphatic rings. The fraction of sp³-hybridized carbons (Fsp3) is 0.0833. The van der Waals surface area contributed by atoms with Gasteiger partial charge in [-0.15, -0.1) is 0 Å². The summed E-state index contributed by atoms with van der Waals surface area (Å²) in [4.78, 5) is 7.59. The molecule has 16 heavy (non-hydrogen) atoms. The average Bonchev–Trinajstić information content (AvgIpc) is 2.72. The fourth-order valence-corrected chi connectivity index (χ4v) is 1.73. The first-order chi connectivity index (χ1) is 7.83. The van der Waals surface area contributed by atoms with Gasteiger partial charge >= 0.3 is 0 Å². The molecule has 0 aromatic carbocycles. The molecule has 0 atom stereocenters. The predicted molar refractivity (Wildman–Crippen MR) is 61.9 cm³/mol. The molecular formula is C12H10N4. The Morgan fingerprint density at radius 1 is 1.25 bits per heavy atom. The molecular weight excluding hydrogens is 200 g/mol. The molecule has 0 bridgehead atoms. The van der Waals surface area contributed by atoms with Crippen LogP contribution in [0.2, 0.25) is 0 Å². The Hall–Kier alpha value is -2.23. The van der Waals surface area contributed by atoms with Gasteiger partial charge in [-0.05, 0) is 31.2 Å². The number of pyridine rings is 1. The largest absolute Gasteiger partial charge is 0.353 e. The number of fused-ring (bicyclic) bond motifs is 1. The third kappa shape index (κ3) is 1.44. The summed E-state index contributed by atoms with van der Waals surface area (Å²) < 4.78 is 0. The van der Waals surface area contributed by atoms with E-state index >= 15 is 0 Å². The van der Waals surface area contributed by atoms with Crippen LogP contribution in [0.1, 0.15) is 5.69 Å². The molecule has 0 fully saturated rings. The molecule has 0 spiro atoms. The number of nitrogens with zero attached hydrogens (tertiary/aromatic N) is 3. The Bertz CT molecular complexity index is 609. The molecule has 0 aliphatic carbocycles. The maximum Gasteiger partial charge on any atom is 0.0885 e. The molecule has 3 aromatic heterocycles. The molecule has 0 saturated carbocycles. The van der Waals surface area contributed by atoms with Crippen LogP contribution >= 0.6 is 0 Å². The van der Waals surface area contributed by atoms with E-state index in [4.69, 9.17) is 0 Å². The van der Waals surface area contributed by atoms with Gasteiger partial charge in [-0.25, -0.2) is 0 Å². The smallest absolute Gasteiger partial charge is 0.0885 e. The summed E-state index contributed by atoms with van der Waals surface area (Å²) in [5.41, 5.74) is 4.96. The second kappa shape index (κ2) is 3.41. The molecule has 3 rings (SSSR count). The lowest BCUT2D eigenvalue weighted by Gasteiger charge is -1.96. The number of aryl methyl sites for hydroxylation is 1. The Labute approximate surface area is 92.4 Å². The van der Waals surface area contributed by atoms with Crippen molar-refractivity contribution in [1.29, 1.82) is 0 Å². The van der Waals surface area contributed by atoms with Gasteiger partial charge in [0.2, 0.25) is 0 Å². The third-order valence-corrected chi connectivity index (χ3v) is 2.48. The summed E-state index contributed by atoms with van der Waals surface area (Å²) in [5, 5.41) is 7.88. The molecule has 3 aromatic rings. The molecule has 78 valence electrons. The summed E-state index contributed by atoms with van der Waals surface area (Å²) in [7, 11) is 0. The highest BCUT2D eigenvalue weighted by Gasteiger charge is 2.04. The monoisotopic (exact) mass is 210 g/mol. The number of aromatic nitrogens is 4. The van der Waals surface area contributed by atoms with E-state index in [0.717, 1.165) is 28.0 Å². The van der Waals surface area contributed by atoms with Gasteiger partial charge in [0, 0.05) is 17.5 Å². The van der Waals surface area contributed by atoms with Crippen LogP contribution in [-0.4, -0.2) is 20.2 Å². The standard InChI is InChI=1S/C12H10N4/c1-8-5-9(7-14-16-8)11-6-12-10(15-11)3-2-4-13-12/h2-7,15H,1H3. The van der Waals surface area contributed by atoms with Gasteiger partial charge in [-0.1, -0.05) is 0 Å². The van der Waals surface area contributed by atoms with Crippen LogP contribution in [0.5, 0.6) is 0 Å². The quantitative estimate of drug-likeness (QED) is 0.670. The zero-order chi connectivity index (χ0) is 11.0. The van der Waals surface area contributed by atoms with E-state index in [1.54, 1.807) is 12.4 Å². The highest BCUT2D eigenvalue weighted by molar-refractivity contribution is 5.82. The van der Waals surface area contributed by atoms with E-state index in [0.29, 0.717) is 0 Å². The van der Waals surface area contributed by atoms with Crippen LogP contribution in [0.3, 0.4) is 0 Å². The Kier molecular flexibility index (Phi) is 1.93. The number of hydrogen-bond acceptors (Lipinski definition) is 3. The number of H-pyrrole nitrogens is 1. The first-order valence-electron chi connectivity index (χ1n) is 5.06. The van der Waals surface area contributed by atoms with Crippen LogP contribution < -0.4 is 0 Å². The minimum atomic E-state index is 0.907. The van der Waals surface area contributed by atoms with E-state index in [-0.39, 0.29) is 0 Å². The number of nitrogens with one attached hydrogen (secondary N) is 1. The molecule has 0 radical (unpaired) electrons. The third-order valence-electron chi connectivity index (χ3n) is 2.48. The maximum absolute atomic E-state index is 4.28. The minimum absolute atomic E-state index is 0.907.